The molecule has 4 rings (SSSR count). The Hall–Kier alpha value is -3.74. The number of benzene rings is 3. The molecule has 2 N–H and O–H groups in total. The molecule has 0 radical (unpaired) electrons. The van der Waals surface area contributed by atoms with Crippen LogP contribution >= 0.6 is 0 Å². The van der Waals surface area contributed by atoms with Gasteiger partial charge in [-0.25, -0.2) is 8.78 Å². The van der Waals surface area contributed by atoms with E-state index in [1.54, 1.807) is 36.4 Å². The first kappa shape index (κ1) is 20.5. The quantitative estimate of drug-likeness (QED) is 0.651. The second-order valence-electron chi connectivity index (χ2n) is 7.30. The average Bonchev–Trinajstić information content (AvgIpc) is 2.78. The highest BCUT2D eigenvalue weighted by Crippen LogP contribution is 2.30. The first-order chi connectivity index (χ1) is 15.0. The largest absolute Gasteiger partial charge is 0.492 e. The summed E-state index contributed by atoms with van der Waals surface area (Å²) >= 11 is 0. The van der Waals surface area contributed by atoms with E-state index in [0.29, 0.717) is 29.0 Å². The summed E-state index contributed by atoms with van der Waals surface area (Å²) < 4.78 is 32.5. The Morgan fingerprint density at radius 2 is 1.77 bits per heavy atom. The Labute approximate surface area is 178 Å². The molecule has 0 unspecified atom stereocenters. The van der Waals surface area contributed by atoms with Gasteiger partial charge < -0.3 is 15.4 Å². The molecule has 1 atom stereocenters. The fourth-order valence-electron chi connectivity index (χ4n) is 3.41. The molecule has 1 heterocycles. The molecule has 0 aromatic heterocycles. The fourth-order valence-corrected chi connectivity index (χ4v) is 3.41. The standard InChI is InChI=1S/C24H20F2N2O3/c25-19-7-5-15(6-8-19)24(30)28-20-9-10-22-17(12-20)11-18(14-31-22)23(29)27-13-16-3-1-2-4-21(16)26/h1-10,12,18H,11,13-14H2,(H,27,29)(H,28,30)/t18-/m0/s1. The lowest BCUT2D eigenvalue weighted by atomic mass is 9.95. The number of carbonyl (C=O) groups excluding carboxylic acids is 2. The molecule has 5 nitrogen and oxygen atoms in total. The SMILES string of the molecule is O=C(Nc1ccc2c(c1)C[C@H](C(=O)NCc1ccccc1F)CO2)c1ccc(F)cc1. The predicted octanol–water partition coefficient (Wildman–Crippen LogP) is 4.08. The van der Waals surface area contributed by atoms with Crippen LogP contribution in [-0.4, -0.2) is 18.4 Å². The Kier molecular flexibility index (Phi) is 5.93. The van der Waals surface area contributed by atoms with Crippen molar-refractivity contribution in [1.29, 1.82) is 0 Å². The molecule has 1 aliphatic heterocycles. The fraction of sp³-hybridized carbons (Fsp3) is 0.167. The van der Waals surface area contributed by atoms with E-state index in [4.69, 9.17) is 4.74 Å². The molecule has 0 bridgehead atoms. The molecule has 3 aromatic rings. The Balaban J connectivity index is 1.40. The van der Waals surface area contributed by atoms with Gasteiger partial charge in [-0.2, -0.15) is 0 Å². The lowest BCUT2D eigenvalue weighted by Crippen LogP contribution is -2.37. The van der Waals surface area contributed by atoms with Crippen LogP contribution < -0.4 is 15.4 Å². The molecule has 0 saturated carbocycles. The first-order valence-electron chi connectivity index (χ1n) is 9.83. The zero-order valence-corrected chi connectivity index (χ0v) is 16.5. The highest BCUT2D eigenvalue weighted by atomic mass is 19.1. The summed E-state index contributed by atoms with van der Waals surface area (Å²) in [6.07, 6.45) is 0.429. The monoisotopic (exact) mass is 422 g/mol. The summed E-state index contributed by atoms with van der Waals surface area (Å²) in [6, 6.07) is 16.7. The van der Waals surface area contributed by atoms with Gasteiger partial charge in [0.05, 0.1) is 5.92 Å². The van der Waals surface area contributed by atoms with Crippen LogP contribution in [0.15, 0.2) is 66.7 Å². The van der Waals surface area contributed by atoms with Crippen LogP contribution in [0.5, 0.6) is 5.75 Å². The van der Waals surface area contributed by atoms with E-state index in [9.17, 15) is 18.4 Å². The van der Waals surface area contributed by atoms with Crippen molar-refractivity contribution in [3.05, 3.63) is 95.1 Å². The highest BCUT2D eigenvalue weighted by Gasteiger charge is 2.26. The third kappa shape index (κ3) is 4.88. The van der Waals surface area contributed by atoms with E-state index in [1.807, 2.05) is 0 Å². The molecule has 2 amide bonds. The van der Waals surface area contributed by atoms with Gasteiger partial charge in [0.2, 0.25) is 5.91 Å². The molecule has 3 aromatic carbocycles. The van der Waals surface area contributed by atoms with Gasteiger partial charge in [0.25, 0.3) is 5.91 Å². The van der Waals surface area contributed by atoms with Crippen molar-refractivity contribution in [2.24, 2.45) is 5.92 Å². The van der Waals surface area contributed by atoms with Gasteiger partial charge in [0.15, 0.2) is 0 Å². The van der Waals surface area contributed by atoms with E-state index in [1.165, 1.54) is 30.3 Å². The lowest BCUT2D eigenvalue weighted by molar-refractivity contribution is -0.126. The van der Waals surface area contributed by atoms with Crippen LogP contribution in [0, 0.1) is 17.6 Å². The number of hydrogen-bond acceptors (Lipinski definition) is 3. The van der Waals surface area contributed by atoms with Crippen molar-refractivity contribution in [3.63, 3.8) is 0 Å². The average molecular weight is 422 g/mol. The van der Waals surface area contributed by atoms with E-state index >= 15 is 0 Å². The molecular formula is C24H20F2N2O3. The van der Waals surface area contributed by atoms with Crippen molar-refractivity contribution >= 4 is 17.5 Å². The molecule has 7 heteroatoms. The summed E-state index contributed by atoms with van der Waals surface area (Å²) in [5.41, 5.74) is 2.08. The number of amides is 2. The summed E-state index contributed by atoms with van der Waals surface area (Å²) in [4.78, 5) is 24.9. The van der Waals surface area contributed by atoms with Crippen molar-refractivity contribution in [2.75, 3.05) is 11.9 Å². The normalized spacial score (nSPS) is 14.8. The number of nitrogens with one attached hydrogen (secondary N) is 2. The van der Waals surface area contributed by atoms with Crippen molar-refractivity contribution < 1.29 is 23.1 Å². The second kappa shape index (κ2) is 8.95. The van der Waals surface area contributed by atoms with Gasteiger partial charge >= 0.3 is 0 Å². The Bertz CT molecular complexity index is 1120. The summed E-state index contributed by atoms with van der Waals surface area (Å²) in [6.45, 7) is 0.319. The number of hydrogen-bond donors (Lipinski definition) is 2. The van der Waals surface area contributed by atoms with Gasteiger partial charge in [-0.3, -0.25) is 9.59 Å². The van der Waals surface area contributed by atoms with E-state index in [2.05, 4.69) is 10.6 Å². The number of fused-ring (bicyclic) bond motifs is 1. The van der Waals surface area contributed by atoms with Crippen molar-refractivity contribution in [3.8, 4) is 5.75 Å². The van der Waals surface area contributed by atoms with Crippen LogP contribution in [0.1, 0.15) is 21.5 Å². The number of anilines is 1. The van der Waals surface area contributed by atoms with Crippen molar-refractivity contribution in [2.45, 2.75) is 13.0 Å². The third-order valence-electron chi connectivity index (χ3n) is 5.11. The van der Waals surface area contributed by atoms with Crippen molar-refractivity contribution in [1.82, 2.24) is 5.32 Å². The zero-order valence-electron chi connectivity index (χ0n) is 16.5. The van der Waals surface area contributed by atoms with Crippen LogP contribution in [0.4, 0.5) is 14.5 Å². The molecule has 0 saturated heterocycles. The molecule has 1 aliphatic rings. The third-order valence-corrected chi connectivity index (χ3v) is 5.11. The zero-order chi connectivity index (χ0) is 21.8. The van der Waals surface area contributed by atoms with Gasteiger partial charge in [-0.15, -0.1) is 0 Å². The second-order valence-corrected chi connectivity index (χ2v) is 7.30. The topological polar surface area (TPSA) is 67.4 Å². The maximum atomic E-state index is 13.7. The smallest absolute Gasteiger partial charge is 0.255 e. The summed E-state index contributed by atoms with van der Waals surface area (Å²) in [5.74, 6) is -1.15. The number of halogens is 2. The molecule has 0 fully saturated rings. The predicted molar refractivity (Wildman–Crippen MR) is 112 cm³/mol. The summed E-state index contributed by atoms with van der Waals surface area (Å²) in [5, 5.41) is 5.52. The molecule has 31 heavy (non-hydrogen) atoms. The first-order valence-corrected chi connectivity index (χ1v) is 9.83. The summed E-state index contributed by atoms with van der Waals surface area (Å²) in [7, 11) is 0. The Morgan fingerprint density at radius 1 is 1.00 bits per heavy atom. The number of rotatable bonds is 5. The number of carbonyl (C=O) groups is 2. The number of ether oxygens (including phenoxy) is 1. The maximum absolute atomic E-state index is 13.7. The van der Waals surface area contributed by atoms with Crippen LogP contribution in [-0.2, 0) is 17.8 Å². The Morgan fingerprint density at radius 3 is 2.55 bits per heavy atom. The molecule has 0 spiro atoms. The van der Waals surface area contributed by atoms with E-state index in [0.717, 1.165) is 5.56 Å². The lowest BCUT2D eigenvalue weighted by Gasteiger charge is -2.25. The molecule has 0 aliphatic carbocycles. The minimum absolute atomic E-state index is 0.0998. The van der Waals surface area contributed by atoms with Gasteiger partial charge in [0.1, 0.15) is 24.0 Å². The van der Waals surface area contributed by atoms with Gasteiger partial charge in [-0.05, 0) is 60.5 Å². The van der Waals surface area contributed by atoms with Gasteiger partial charge in [-0.1, -0.05) is 18.2 Å². The maximum Gasteiger partial charge on any atom is 0.255 e. The highest BCUT2D eigenvalue weighted by molar-refractivity contribution is 6.04. The van der Waals surface area contributed by atoms with E-state index in [-0.39, 0.29) is 30.8 Å². The molecule has 158 valence electrons. The minimum atomic E-state index is -0.428. The van der Waals surface area contributed by atoms with Crippen LogP contribution in [0.25, 0.3) is 0 Å². The minimum Gasteiger partial charge on any atom is -0.492 e. The van der Waals surface area contributed by atoms with Gasteiger partial charge in [0, 0.05) is 23.4 Å². The van der Waals surface area contributed by atoms with Crippen LogP contribution in [0.3, 0.4) is 0 Å². The molecular weight excluding hydrogens is 402 g/mol. The van der Waals surface area contributed by atoms with Crippen LogP contribution in [0.2, 0.25) is 0 Å². The van der Waals surface area contributed by atoms with E-state index < -0.39 is 11.7 Å².